The van der Waals surface area contributed by atoms with E-state index >= 15 is 0 Å². The van der Waals surface area contributed by atoms with Crippen molar-refractivity contribution in [1.29, 1.82) is 0 Å². The second-order valence-electron chi connectivity index (χ2n) is 7.20. The van der Waals surface area contributed by atoms with Crippen LogP contribution in [-0.4, -0.2) is 30.1 Å². The zero-order valence-corrected chi connectivity index (χ0v) is 15.9. The van der Waals surface area contributed by atoms with Crippen molar-refractivity contribution < 1.29 is 36.9 Å². The number of esters is 1. The van der Waals surface area contributed by atoms with Gasteiger partial charge in [0.2, 0.25) is 0 Å². The molecule has 3 atom stereocenters. The van der Waals surface area contributed by atoms with Crippen LogP contribution in [0.2, 0.25) is 0 Å². The number of halogens is 3. The molecule has 0 amide bonds. The second kappa shape index (κ2) is 7.68. The molecular weight excluding hydrogens is 401 g/mol. The Morgan fingerprint density at radius 3 is 2.50 bits per heavy atom. The first-order valence-corrected chi connectivity index (χ1v) is 9.43. The monoisotopic (exact) mass is 420 g/mol. The van der Waals surface area contributed by atoms with Gasteiger partial charge in [0, 0.05) is 6.42 Å². The number of benzene rings is 2. The third kappa shape index (κ3) is 4.14. The molecule has 2 bridgehead atoms. The lowest BCUT2D eigenvalue weighted by molar-refractivity contribution is -0.275. The van der Waals surface area contributed by atoms with E-state index in [-0.39, 0.29) is 23.5 Å². The number of rotatable bonds is 6. The van der Waals surface area contributed by atoms with Crippen molar-refractivity contribution >= 4 is 5.97 Å². The van der Waals surface area contributed by atoms with Crippen LogP contribution in [0.4, 0.5) is 13.2 Å². The van der Waals surface area contributed by atoms with Crippen LogP contribution in [-0.2, 0) is 4.74 Å². The summed E-state index contributed by atoms with van der Waals surface area (Å²) in [5.41, 5.74) is -0.971. The average molecular weight is 420 g/mol. The van der Waals surface area contributed by atoms with E-state index in [1.54, 1.807) is 36.4 Å². The highest BCUT2D eigenvalue weighted by molar-refractivity contribution is 5.91. The fraction of sp³-hybridized carbons (Fsp3) is 0.318. The summed E-state index contributed by atoms with van der Waals surface area (Å²) in [6.45, 7) is 3.79. The van der Waals surface area contributed by atoms with Gasteiger partial charge in [-0.1, -0.05) is 24.8 Å². The van der Waals surface area contributed by atoms with Gasteiger partial charge in [-0.05, 0) is 49.2 Å². The highest BCUT2D eigenvalue weighted by atomic mass is 19.4. The Bertz CT molecular complexity index is 944. The predicted molar refractivity (Wildman–Crippen MR) is 101 cm³/mol. The molecule has 0 saturated carbocycles. The van der Waals surface area contributed by atoms with Crippen molar-refractivity contribution in [1.82, 2.24) is 0 Å². The number of hydrogen-bond acceptors (Lipinski definition) is 5. The molecule has 2 aromatic carbocycles. The van der Waals surface area contributed by atoms with Crippen LogP contribution in [0.3, 0.4) is 0 Å². The summed E-state index contributed by atoms with van der Waals surface area (Å²) >= 11 is 0. The average Bonchev–Trinajstić information content (AvgIpc) is 3.30. The molecule has 158 valence electrons. The Hall–Kier alpha value is -3.00. The molecule has 0 radical (unpaired) electrons. The quantitative estimate of drug-likeness (QED) is 0.372. The van der Waals surface area contributed by atoms with E-state index in [1.165, 1.54) is 12.1 Å². The van der Waals surface area contributed by atoms with Crippen LogP contribution in [0.1, 0.15) is 29.6 Å². The van der Waals surface area contributed by atoms with Gasteiger partial charge in [-0.25, -0.2) is 4.79 Å². The molecule has 0 N–H and O–H groups in total. The third-order valence-electron chi connectivity index (χ3n) is 5.20. The summed E-state index contributed by atoms with van der Waals surface area (Å²) in [7, 11) is 0. The van der Waals surface area contributed by atoms with Gasteiger partial charge in [-0.3, -0.25) is 0 Å². The Kier molecular flexibility index (Phi) is 5.19. The van der Waals surface area contributed by atoms with Gasteiger partial charge >= 0.3 is 12.3 Å². The van der Waals surface area contributed by atoms with Crippen molar-refractivity contribution in [2.75, 3.05) is 0 Å². The molecule has 2 saturated heterocycles. The highest BCUT2D eigenvalue weighted by Crippen LogP contribution is 2.47. The summed E-state index contributed by atoms with van der Waals surface area (Å²) in [5.74, 6) is -1.21. The van der Waals surface area contributed by atoms with Gasteiger partial charge in [0.05, 0.1) is 11.7 Å². The van der Waals surface area contributed by atoms with E-state index in [4.69, 9.17) is 14.2 Å². The smallest absolute Gasteiger partial charge is 0.476 e. The number of fused-ring (bicyclic) bond motifs is 2. The summed E-state index contributed by atoms with van der Waals surface area (Å²) in [6.07, 6.45) is -1.70. The number of carbonyl (C=O) groups excluding carboxylic acids is 1. The zero-order valence-electron chi connectivity index (χ0n) is 15.9. The third-order valence-corrected chi connectivity index (χ3v) is 5.20. The SMILES string of the molecule is C=CC1(Oc2cc(C(=O)Oc3ccccc3)ccc2OC(F)(F)F)CC2CCC1O2. The summed E-state index contributed by atoms with van der Waals surface area (Å²) in [5, 5.41) is 0. The molecular formula is C22H19F3O5. The molecule has 0 aromatic heterocycles. The topological polar surface area (TPSA) is 54.0 Å². The number of hydrogen-bond donors (Lipinski definition) is 0. The molecule has 5 nitrogen and oxygen atoms in total. The van der Waals surface area contributed by atoms with Gasteiger partial charge in [-0.2, -0.15) is 0 Å². The number of ether oxygens (including phenoxy) is 4. The Labute approximate surface area is 171 Å². The minimum atomic E-state index is -4.92. The van der Waals surface area contributed by atoms with E-state index in [0.29, 0.717) is 18.6 Å². The van der Waals surface area contributed by atoms with Crippen LogP contribution in [0.25, 0.3) is 0 Å². The van der Waals surface area contributed by atoms with Crippen molar-refractivity contribution in [3.63, 3.8) is 0 Å². The van der Waals surface area contributed by atoms with Crippen LogP contribution >= 0.6 is 0 Å². The largest absolute Gasteiger partial charge is 0.573 e. The summed E-state index contributed by atoms with van der Waals surface area (Å²) < 4.78 is 59.8. The minimum Gasteiger partial charge on any atom is -0.476 e. The zero-order chi connectivity index (χ0) is 21.4. The Morgan fingerprint density at radius 1 is 1.13 bits per heavy atom. The standard InChI is InChI=1S/C22H19F3O5/c1-2-21(13-16-9-11-19(21)27-16)29-18-12-14(8-10-17(18)30-22(23,24)25)20(26)28-15-6-4-3-5-7-15/h2-8,10,12,16,19H,1,9,11,13H2. The lowest BCUT2D eigenvalue weighted by Crippen LogP contribution is -2.43. The molecule has 4 rings (SSSR count). The van der Waals surface area contributed by atoms with Gasteiger partial charge in [0.25, 0.3) is 0 Å². The van der Waals surface area contributed by atoms with E-state index in [2.05, 4.69) is 11.3 Å². The fourth-order valence-corrected chi connectivity index (χ4v) is 3.85. The van der Waals surface area contributed by atoms with E-state index < -0.39 is 23.7 Å². The van der Waals surface area contributed by atoms with E-state index in [9.17, 15) is 18.0 Å². The molecule has 2 aromatic rings. The maximum atomic E-state index is 12.9. The Balaban J connectivity index is 1.64. The highest BCUT2D eigenvalue weighted by Gasteiger charge is 2.53. The second-order valence-corrected chi connectivity index (χ2v) is 7.20. The molecule has 2 heterocycles. The minimum absolute atomic E-state index is 0.0201. The number of para-hydroxylation sites is 1. The molecule has 2 fully saturated rings. The van der Waals surface area contributed by atoms with Crippen LogP contribution in [0, 0.1) is 0 Å². The lowest BCUT2D eigenvalue weighted by Gasteiger charge is -2.33. The van der Waals surface area contributed by atoms with Crippen molar-refractivity contribution in [3.8, 4) is 17.2 Å². The van der Waals surface area contributed by atoms with Gasteiger partial charge in [-0.15, -0.1) is 13.2 Å². The number of alkyl halides is 3. The molecule has 30 heavy (non-hydrogen) atoms. The van der Waals surface area contributed by atoms with Gasteiger partial charge < -0.3 is 18.9 Å². The molecule has 0 spiro atoms. The summed E-state index contributed by atoms with van der Waals surface area (Å²) in [6, 6.07) is 11.8. The lowest BCUT2D eigenvalue weighted by atomic mass is 9.84. The maximum Gasteiger partial charge on any atom is 0.573 e. The first-order valence-electron chi connectivity index (χ1n) is 9.43. The van der Waals surface area contributed by atoms with Crippen LogP contribution in [0.5, 0.6) is 17.2 Å². The fourth-order valence-electron chi connectivity index (χ4n) is 3.85. The predicted octanol–water partition coefficient (Wildman–Crippen LogP) is 5.06. The normalized spacial score (nSPS) is 25.0. The molecule has 2 aliphatic rings. The molecule has 8 heteroatoms. The molecule has 3 unspecified atom stereocenters. The van der Waals surface area contributed by atoms with Crippen molar-refractivity contribution in [2.24, 2.45) is 0 Å². The maximum absolute atomic E-state index is 12.9. The molecule has 0 aliphatic carbocycles. The van der Waals surface area contributed by atoms with Gasteiger partial charge in [0.15, 0.2) is 17.1 Å². The van der Waals surface area contributed by atoms with E-state index in [1.807, 2.05) is 0 Å². The van der Waals surface area contributed by atoms with Crippen molar-refractivity contribution in [2.45, 2.75) is 43.4 Å². The number of carbonyl (C=O) groups is 1. The molecule has 2 aliphatic heterocycles. The van der Waals surface area contributed by atoms with Crippen LogP contribution in [0.15, 0.2) is 61.2 Å². The van der Waals surface area contributed by atoms with Crippen LogP contribution < -0.4 is 14.2 Å². The summed E-state index contributed by atoms with van der Waals surface area (Å²) in [4.78, 5) is 12.5. The Morgan fingerprint density at radius 2 is 1.90 bits per heavy atom. The van der Waals surface area contributed by atoms with E-state index in [0.717, 1.165) is 12.5 Å². The first kappa shape index (κ1) is 20.3. The van der Waals surface area contributed by atoms with Crippen molar-refractivity contribution in [3.05, 3.63) is 66.7 Å². The van der Waals surface area contributed by atoms with Gasteiger partial charge in [0.1, 0.15) is 11.9 Å². The first-order chi connectivity index (χ1) is 14.3.